The predicted octanol–water partition coefficient (Wildman–Crippen LogP) is 2.04. The largest absolute Gasteiger partial charge is 1.00 e. The van der Waals surface area contributed by atoms with Crippen molar-refractivity contribution >= 4 is 0 Å². The summed E-state index contributed by atoms with van der Waals surface area (Å²) in [6.45, 7) is -1.08. The van der Waals surface area contributed by atoms with Gasteiger partial charge in [0.1, 0.15) is 0 Å². The highest BCUT2D eigenvalue weighted by molar-refractivity contribution is 4.95. The fraction of sp³-hybridized carbons (Fsp3) is 0.615. The minimum atomic E-state index is -7.32. The fourth-order valence-corrected chi connectivity index (χ4v) is 1.74. The van der Waals surface area contributed by atoms with Crippen LogP contribution in [0.25, 0.3) is 0 Å². The maximum atomic E-state index is 13.5. The molecule has 0 aliphatic rings. The molecule has 1 aromatic heterocycles. The van der Waals surface area contributed by atoms with Crippen LogP contribution in [0.2, 0.25) is 0 Å². The molecule has 0 aliphatic carbocycles. The van der Waals surface area contributed by atoms with Crippen molar-refractivity contribution in [2.24, 2.45) is 0 Å². The number of rotatable bonds is 7. The summed E-state index contributed by atoms with van der Waals surface area (Å²) in [5.74, 6) is -20.1. The van der Waals surface area contributed by atoms with Gasteiger partial charge in [-0.05, 0) is 0 Å². The molecular weight excluding hydrogens is 469 g/mol. The van der Waals surface area contributed by atoms with Gasteiger partial charge in [0.2, 0.25) is 0 Å². The van der Waals surface area contributed by atoms with Crippen LogP contribution in [0.3, 0.4) is 0 Å². The van der Waals surface area contributed by atoms with Crippen LogP contribution in [0, 0.1) is 0 Å². The van der Waals surface area contributed by atoms with Gasteiger partial charge in [0.05, 0.1) is 6.42 Å². The molecule has 29 heavy (non-hydrogen) atoms. The molecule has 0 spiro atoms. The normalized spacial score (nSPS) is 14.5. The Kier molecular flexibility index (Phi) is 7.88. The summed E-state index contributed by atoms with van der Waals surface area (Å²) >= 11 is 0. The third-order valence-electron chi connectivity index (χ3n) is 3.28. The topological polar surface area (TPSA) is 13.1 Å². The Morgan fingerprint density at radius 1 is 0.655 bits per heavy atom. The van der Waals surface area contributed by atoms with E-state index in [1.54, 1.807) is 4.74 Å². The molecule has 1 aromatic rings. The van der Waals surface area contributed by atoms with Gasteiger partial charge in [-0.2, -0.15) is 57.1 Å². The minimum absolute atomic E-state index is 0. The van der Waals surface area contributed by atoms with Gasteiger partial charge in [0.15, 0.2) is 18.9 Å². The molecule has 0 atom stereocenters. The lowest BCUT2D eigenvalue weighted by molar-refractivity contribution is -0.700. The summed E-state index contributed by atoms with van der Waals surface area (Å²) in [6, 6.07) is 3.80. The van der Waals surface area contributed by atoms with Crippen LogP contribution < -0.4 is 17.0 Å². The number of pyridine rings is 1. The quantitative estimate of drug-likeness (QED) is 0.433. The Balaban J connectivity index is 0.00000784. The molecule has 1 rings (SSSR count). The zero-order valence-electron chi connectivity index (χ0n) is 13.4. The van der Waals surface area contributed by atoms with Crippen molar-refractivity contribution in [2.45, 2.75) is 49.1 Å². The number of alkyl halides is 13. The average molecular weight is 478 g/mol. The molecule has 0 bridgehead atoms. The van der Waals surface area contributed by atoms with Gasteiger partial charge < -0.3 is 12.4 Å². The van der Waals surface area contributed by atoms with Crippen LogP contribution in [0.4, 0.5) is 57.1 Å². The van der Waals surface area contributed by atoms with Crippen molar-refractivity contribution in [3.05, 3.63) is 30.6 Å². The zero-order chi connectivity index (χ0) is 22.2. The van der Waals surface area contributed by atoms with E-state index in [4.69, 9.17) is 0 Å². The van der Waals surface area contributed by atoms with Crippen molar-refractivity contribution in [2.75, 3.05) is 0 Å². The maximum absolute atomic E-state index is 13.5. The van der Waals surface area contributed by atoms with E-state index in [-0.39, 0.29) is 12.4 Å². The Bertz CT molecular complexity index is 645. The highest BCUT2D eigenvalue weighted by Gasteiger charge is 2.82. The van der Waals surface area contributed by atoms with Crippen molar-refractivity contribution in [3.8, 4) is 0 Å². The first-order valence-corrected chi connectivity index (χ1v) is 6.88. The summed E-state index contributed by atoms with van der Waals surface area (Å²) in [4.78, 5) is 0. The van der Waals surface area contributed by atoms with Crippen molar-refractivity contribution in [1.29, 1.82) is 0 Å². The van der Waals surface area contributed by atoms with Gasteiger partial charge in [-0.25, -0.2) is 4.57 Å². The molecule has 0 aromatic carbocycles. The highest BCUT2D eigenvalue weighted by atomic mass is 35.5. The predicted molar refractivity (Wildman–Crippen MR) is 63.1 cm³/mol. The molecule has 0 unspecified atom stereocenters. The van der Waals surface area contributed by atoms with E-state index in [9.17, 15) is 57.1 Å². The van der Waals surface area contributed by atoms with E-state index < -0.39 is 49.1 Å². The number of ether oxygens (including phenoxy) is 1. The minimum Gasteiger partial charge on any atom is -1.00 e. The molecule has 0 radical (unpaired) electrons. The first-order valence-electron chi connectivity index (χ1n) is 6.88. The third kappa shape index (κ3) is 5.35. The molecule has 2 nitrogen and oxygen atoms in total. The molecule has 0 saturated carbocycles. The van der Waals surface area contributed by atoms with E-state index >= 15 is 0 Å². The third-order valence-corrected chi connectivity index (χ3v) is 3.28. The number of aryl methyl sites for hydroxylation is 1. The van der Waals surface area contributed by atoms with Crippen molar-refractivity contribution in [3.63, 3.8) is 0 Å². The van der Waals surface area contributed by atoms with Gasteiger partial charge >= 0.3 is 36.2 Å². The van der Waals surface area contributed by atoms with E-state index in [2.05, 4.69) is 0 Å². The smallest absolute Gasteiger partial charge is 0.458 e. The Morgan fingerprint density at radius 2 is 1.07 bits per heavy atom. The standard InChI is InChI=1S/C13H9F13NO.ClH/c14-8(15,4-7-27-5-2-1-3-6-27)9(16,17)13(25,26)28-10(18,11(19,20)21)12(22,23)24;/h1-3,5-6H,4,7H2;1H/q+1;/p-1. The Hall–Kier alpha value is -1.51. The summed E-state index contributed by atoms with van der Waals surface area (Å²) in [6.07, 6.45) is -21.9. The van der Waals surface area contributed by atoms with Crippen molar-refractivity contribution < 1.29 is 78.8 Å². The zero-order valence-corrected chi connectivity index (χ0v) is 14.2. The van der Waals surface area contributed by atoms with Gasteiger partial charge in [-0.3, -0.25) is 4.74 Å². The van der Waals surface area contributed by atoms with Gasteiger partial charge in [0.25, 0.3) is 0 Å². The van der Waals surface area contributed by atoms with Crippen LogP contribution in [0.1, 0.15) is 6.42 Å². The van der Waals surface area contributed by atoms with Crippen LogP contribution in [-0.2, 0) is 11.3 Å². The van der Waals surface area contributed by atoms with Crippen LogP contribution >= 0.6 is 0 Å². The number of hydrogen-bond acceptors (Lipinski definition) is 1. The second-order valence-corrected chi connectivity index (χ2v) is 5.35. The monoisotopic (exact) mass is 477 g/mol. The molecule has 0 saturated heterocycles. The van der Waals surface area contributed by atoms with E-state index in [1.165, 1.54) is 18.2 Å². The lowest BCUT2D eigenvalue weighted by Crippen LogP contribution is -3.00. The SMILES string of the molecule is FC(F)(F)C(F)(OC(F)(F)C(F)(F)C(F)(F)CC[n+]1ccccc1)C(F)(F)F.[Cl-]. The lowest BCUT2D eigenvalue weighted by atomic mass is 10.1. The van der Waals surface area contributed by atoms with Crippen LogP contribution in [0.5, 0.6) is 0 Å². The molecule has 0 N–H and O–H groups in total. The van der Waals surface area contributed by atoms with E-state index in [1.807, 2.05) is 0 Å². The Morgan fingerprint density at radius 3 is 1.45 bits per heavy atom. The molecule has 16 heteroatoms. The van der Waals surface area contributed by atoms with Gasteiger partial charge in [-0.15, -0.1) is 0 Å². The number of halogens is 14. The van der Waals surface area contributed by atoms with Crippen LogP contribution in [-0.4, -0.2) is 36.2 Å². The molecule has 1 heterocycles. The van der Waals surface area contributed by atoms with Crippen LogP contribution in [0.15, 0.2) is 30.6 Å². The second kappa shape index (κ2) is 8.32. The molecule has 0 amide bonds. The van der Waals surface area contributed by atoms with Gasteiger partial charge in [0, 0.05) is 12.1 Å². The summed E-state index contributed by atoms with van der Waals surface area (Å²) in [5.41, 5.74) is 0. The first kappa shape index (κ1) is 27.5. The molecule has 170 valence electrons. The summed E-state index contributed by atoms with van der Waals surface area (Å²) in [7, 11) is 0. The first-order chi connectivity index (χ1) is 12.3. The number of nitrogens with zero attached hydrogens (tertiary/aromatic N) is 1. The summed E-state index contributed by atoms with van der Waals surface area (Å²) in [5, 5.41) is 0. The summed E-state index contributed by atoms with van der Waals surface area (Å²) < 4.78 is 169. The molecular formula is C13H9ClF13NO. The van der Waals surface area contributed by atoms with Crippen molar-refractivity contribution in [1.82, 2.24) is 0 Å². The average Bonchev–Trinajstić information content (AvgIpc) is 2.51. The number of hydrogen-bond donors (Lipinski definition) is 0. The highest BCUT2D eigenvalue weighted by Crippen LogP contribution is 2.55. The lowest BCUT2D eigenvalue weighted by Gasteiger charge is -2.37. The maximum Gasteiger partial charge on any atom is 0.458 e. The fourth-order valence-electron chi connectivity index (χ4n) is 1.74. The Labute approximate surface area is 159 Å². The van der Waals surface area contributed by atoms with E-state index in [0.717, 1.165) is 17.0 Å². The molecule has 0 aliphatic heterocycles. The van der Waals surface area contributed by atoms with Gasteiger partial charge in [-0.1, -0.05) is 6.07 Å². The molecule has 0 fully saturated rings. The number of aromatic nitrogens is 1. The van der Waals surface area contributed by atoms with E-state index in [0.29, 0.717) is 0 Å². The second-order valence-electron chi connectivity index (χ2n) is 5.35.